The molecular formula is C9H29F3O68Si68. The van der Waals surface area contributed by atoms with Crippen LogP contribution in [0.15, 0.2) is 0 Å². The van der Waals surface area contributed by atoms with Crippen molar-refractivity contribution in [1.29, 1.82) is 0 Å². The van der Waals surface area contributed by atoms with Crippen LogP contribution >= 0.6 is 0 Å². The van der Waals surface area contributed by atoms with Gasteiger partial charge in [-0.25, -0.2) is 0 Å². The van der Waals surface area contributed by atoms with Gasteiger partial charge in [-0.1, -0.05) is 19.6 Å². The first-order valence-electron chi connectivity index (χ1n) is 35.0. The molecule has 0 fully saturated rings. The van der Waals surface area contributed by atoms with Crippen molar-refractivity contribution in [3.63, 3.8) is 0 Å². The van der Waals surface area contributed by atoms with Crippen LogP contribution in [0.1, 0.15) is 6.42 Å². The average molecular weight is 3190 g/mol. The molecule has 2 unspecified atom stereocenters. The molecule has 766 valence electrons. The van der Waals surface area contributed by atoms with E-state index in [-0.39, 0.29) is 0 Å². The number of halogens is 3. The first kappa shape index (κ1) is 155. The van der Waals surface area contributed by atoms with E-state index in [4.69, 9.17) is 12.7 Å². The second-order valence-electron chi connectivity index (χ2n) is 25.9. The molecule has 0 aromatic rings. The van der Waals surface area contributed by atoms with Crippen molar-refractivity contribution < 1.29 is 316 Å². The molecule has 0 N–H and O–H groups in total. The van der Waals surface area contributed by atoms with Crippen LogP contribution in [-0.4, -0.2) is 548 Å². The first-order valence-corrected chi connectivity index (χ1v) is 196. The van der Waals surface area contributed by atoms with Crippen LogP contribution in [0.3, 0.4) is 0 Å². The van der Waals surface area contributed by atoms with Crippen LogP contribution in [0.4, 0.5) is 13.2 Å². The van der Waals surface area contributed by atoms with Crippen LogP contribution in [0, 0.1) is 0 Å². The van der Waals surface area contributed by atoms with Gasteiger partial charge in [0.15, 0.2) is 0 Å². The van der Waals surface area contributed by atoms with E-state index in [1.807, 2.05) is 0 Å². The van der Waals surface area contributed by atoms with Crippen molar-refractivity contribution >= 4 is 535 Å². The summed E-state index contributed by atoms with van der Waals surface area (Å²) in [6, 6.07) is -1.52. The highest BCUT2D eigenvalue weighted by Gasteiger charge is 2.63. The van der Waals surface area contributed by atoms with Crippen molar-refractivity contribution in [3.05, 3.63) is 0 Å². The lowest BCUT2D eigenvalue weighted by molar-refractivity contribution is -0.131. The molecule has 0 aliphatic rings. The van der Waals surface area contributed by atoms with E-state index in [1.165, 1.54) is 33.3 Å². The van der Waals surface area contributed by atoms with Crippen molar-refractivity contribution in [3.8, 4) is 0 Å². The maximum absolute atomic E-state index is 13.2. The van der Waals surface area contributed by atoms with Crippen LogP contribution in [0.5, 0.6) is 0 Å². The van der Waals surface area contributed by atoms with Gasteiger partial charge in [-0.3, -0.25) is 0 Å². The molecule has 0 aliphatic heterocycles. The molecule has 0 aliphatic carbocycles. The lowest BCUT2D eigenvalue weighted by atomic mass is 10.5. The molecule has 0 saturated heterocycles. The fourth-order valence-corrected chi connectivity index (χ4v) is 688. The molecule has 148 heavy (non-hydrogen) atoms. The monoisotopic (exact) mass is 3180 g/mol. The fraction of sp³-hybridized carbons (Fsp3) is 1.00. The predicted molar refractivity (Wildman–Crippen MR) is 500 cm³/mol. The molecule has 0 heterocycles. The van der Waals surface area contributed by atoms with Gasteiger partial charge in [0, 0.05) is 6.42 Å². The van der Waals surface area contributed by atoms with Crippen molar-refractivity contribution in [2.75, 3.05) is 7.11 Å². The molecule has 2 atom stereocenters. The Bertz CT molecular complexity index is 6810. The summed E-state index contributed by atoms with van der Waals surface area (Å²) in [7, 11) is -271. The molecule has 0 radical (unpaired) electrons. The Morgan fingerprint density at radius 3 is 0.486 bits per heavy atom. The maximum atomic E-state index is 13.2. The van der Waals surface area contributed by atoms with E-state index in [2.05, 4.69) is 4.43 Å². The zero-order valence-corrected chi connectivity index (χ0v) is 140. The fourth-order valence-electron chi connectivity index (χ4n) is 7.16. The third-order valence-electron chi connectivity index (χ3n) is 14.7. The molecular weight excluding hydrogens is 3160 g/mol. The minimum absolute atomic E-state index is 0.476. The second kappa shape index (κ2) is 72.5. The van der Waals surface area contributed by atoms with Crippen LogP contribution < -0.4 is 0 Å². The number of hydrogen-bond donors (Lipinski definition) is 0. The summed E-state index contributed by atoms with van der Waals surface area (Å²) in [5.41, 5.74) is 0. The van der Waals surface area contributed by atoms with Gasteiger partial charge in [-0.2, -0.15) is 13.2 Å². The molecule has 139 heteroatoms. The Morgan fingerprint density at radius 2 is 0.351 bits per heavy atom. The number of hydrogen-bond acceptors (Lipinski definition) is 68. The largest absolute Gasteiger partial charge is 0.577 e. The smallest absolute Gasteiger partial charge is 0.532 e. The van der Waals surface area contributed by atoms with Crippen molar-refractivity contribution in [2.24, 2.45) is 0 Å². The molecule has 68 nitrogen and oxygen atoms in total. The van der Waals surface area contributed by atoms with E-state index in [0.29, 0.717) is 6.55 Å². The van der Waals surface area contributed by atoms with E-state index in [1.54, 1.807) is 0 Å². The van der Waals surface area contributed by atoms with Gasteiger partial charge in [0.05, 0.1) is 7.11 Å². The molecule has 0 aromatic heterocycles. The van der Waals surface area contributed by atoms with E-state index >= 15 is 0 Å². The zero-order valence-electron chi connectivity index (χ0n) is 71.4. The zero-order chi connectivity index (χ0) is 118. The molecule has 0 amide bonds. The lowest BCUT2D eigenvalue weighted by Gasteiger charge is -2.24. The van der Waals surface area contributed by atoms with Crippen LogP contribution in [0.25, 0.3) is 0 Å². The van der Waals surface area contributed by atoms with Crippen molar-refractivity contribution in [1.82, 2.24) is 0 Å². The Hall–Kier alpha value is 0.938. The summed E-state index contributed by atoms with van der Waals surface area (Å²) in [4.78, 5) is 0. The van der Waals surface area contributed by atoms with E-state index in [9.17, 15) is 299 Å². The average Bonchev–Trinajstić information content (AvgIpc) is 0.796. The summed E-state index contributed by atoms with van der Waals surface area (Å²) in [6.45, 7) is 6.33. The topological polar surface area (TPSA) is 1140 Å². The maximum Gasteiger partial charge on any atom is 0.532 e. The molecule has 0 aromatic carbocycles. The van der Waals surface area contributed by atoms with Gasteiger partial charge >= 0.3 is 508 Å². The SMILES string of the molecule is CO[SiH]=O.C[SiH](O[Si](=O)[Si](=O)[Si](=O)[Si](=O)[Si](=O)[Si](=O)[SiH]=O)[SiH]=O.C[Si](C)(C)[Si](=O)[Si](=O)[Si](=O)[Si](=O)[Si](=O)[Si](=O)[Si](=O)[Si](=O)[Si](=O)[Si](=O)[Si](=O)[Si](=O)[Si](=O)[Si](=O)[Si](=O)[Si](=O)[Si](=O)[Si](=O)[Si](=O)[Si](=O)[Si](=O)[Si](=O)[Si](=O)[Si](=O)[SiH]=O.C[Si](CCC(F)(F)F)(O[Si](=O)[Si](=O)[Si](=O)[Si](=O)[Si](=O)[Si](=O)[Si](=O)[Si](=O)[Si](=O)[Si](=O)[Si](=O)[Si](=O)[Si](=O)[Si](=O)[Si](=O)[Si](=O)[Si](=O)[Si](=O)[Si](=O)[Si](=O)[Si](=O)[Si](=O)[Si](=O)[SiH]=O)[Si](=O)[Si](=O)[Si](=O)[Si](=O)[Si](=O)[Si](=O)[SiH]=O. The normalized spacial score (nSPS) is 10.5. The summed E-state index contributed by atoms with van der Waals surface area (Å²) < 4.78 is 843. The van der Waals surface area contributed by atoms with Crippen LogP contribution in [-0.2, 0) is 303 Å². The van der Waals surface area contributed by atoms with Gasteiger partial charge in [0.25, 0.3) is 25.3 Å². The third-order valence-corrected chi connectivity index (χ3v) is 490. The van der Waals surface area contributed by atoms with Crippen molar-refractivity contribution in [2.45, 2.75) is 51.4 Å². The minimum Gasteiger partial charge on any atom is -0.577 e. The molecule has 0 bridgehead atoms. The number of rotatable bonds is 69. The lowest BCUT2D eigenvalue weighted by Crippen LogP contribution is -2.60. The van der Waals surface area contributed by atoms with Gasteiger partial charge in [-0.05, 0) is 19.1 Å². The molecule has 0 spiro atoms. The van der Waals surface area contributed by atoms with Crippen LogP contribution in [0.2, 0.25) is 38.8 Å². The highest BCUT2D eigenvalue weighted by atomic mass is 30.2. The summed E-state index contributed by atoms with van der Waals surface area (Å²) in [6.07, 6.45) is -7.18. The van der Waals surface area contributed by atoms with Gasteiger partial charge < -0.3 is 303 Å². The second-order valence-corrected chi connectivity index (χ2v) is 337. The standard InChI is InChI=1S/C4H9F3O32Si32.C3H10O25Si26.CH6O9Si9.CH4O2Si/c1-71(3-2-4(5,6)7,70(38)69(37)68(36)50(18)47(15)44(12)41-9)39-42(10)45(13)48(16)51(19)53(21)55(23)57(25)59(27)61(29)63(31)65(33)67(35)66(34)64(32)62(30)60(28)58(26)56(24)54(22)52(20)49(17)46(14)43(11)40-8;1-54(2,3)53(28)52(27)51(26)50(25)49(24)48(23)47(22)46(21)45(20)44(19)43(18)42(17)41(16)40(15)39(14)38(13)37(12)36(11)35(10)34(9)33(8)32(7)31(6)30(5)29-4;1-13(11-2)10-14(4)16(6)18(8)19(9)17(7)15(5)12-3;1-3-4-2/h40-41H,2-3H2,1H3;29H,1-3H3;11-13H,1H3;4H,1H3. The number of alkyl halides is 3. The summed E-state index contributed by atoms with van der Waals surface area (Å²) in [5.74, 6) is 0. The first-order chi connectivity index (χ1) is 67.3. The Morgan fingerprint density at radius 1 is 0.216 bits per heavy atom. The summed E-state index contributed by atoms with van der Waals surface area (Å²) >= 11 is 0. The van der Waals surface area contributed by atoms with Gasteiger partial charge in [0.1, 0.15) is 7.59 Å². The molecule has 0 saturated carbocycles. The quantitative estimate of drug-likeness (QED) is 0.0510. The summed E-state index contributed by atoms with van der Waals surface area (Å²) in [5, 5.41) is 0. The van der Waals surface area contributed by atoms with E-state index < -0.39 is 554 Å². The van der Waals surface area contributed by atoms with Gasteiger partial charge in [-0.15, -0.1) is 0 Å². The Labute approximate surface area is 898 Å². The highest BCUT2D eigenvalue weighted by Crippen LogP contribution is 2.27. The van der Waals surface area contributed by atoms with E-state index in [0.717, 1.165) is 0 Å². The third kappa shape index (κ3) is 46.3. The molecule has 0 rings (SSSR count). The predicted octanol–water partition coefficient (Wildman–Crippen LogP) is -30.7. The Kier molecular flexibility index (Phi) is 76.0. The highest BCUT2D eigenvalue weighted by molar-refractivity contribution is 7.87. The minimum atomic E-state index is -5.18. The Balaban J connectivity index is -0.00000118. The van der Waals surface area contributed by atoms with Gasteiger partial charge in [0.2, 0.25) is 0 Å².